The van der Waals surface area contributed by atoms with Gasteiger partial charge in [0.1, 0.15) is 11.6 Å². The largest absolute Gasteiger partial charge is 0.467 e. The smallest absolute Gasteiger partial charge is 0.217 e. The van der Waals surface area contributed by atoms with E-state index >= 15 is 0 Å². The molecule has 0 spiro atoms. The van der Waals surface area contributed by atoms with Crippen LogP contribution in [0.5, 0.6) is 0 Å². The van der Waals surface area contributed by atoms with Crippen molar-refractivity contribution < 1.29 is 4.74 Å². The molecule has 2 heterocycles. The van der Waals surface area contributed by atoms with Gasteiger partial charge in [0.15, 0.2) is 17.5 Å². The Morgan fingerprint density at radius 2 is 0.800 bits per heavy atom. The number of ether oxygens (including phenoxy) is 1. The lowest BCUT2D eigenvalue weighted by Crippen LogP contribution is -2.42. The lowest BCUT2D eigenvalue weighted by Gasteiger charge is -2.24. The predicted molar refractivity (Wildman–Crippen MR) is 201 cm³/mol. The highest BCUT2D eigenvalue weighted by atomic mass is 16.5. The van der Waals surface area contributed by atoms with Gasteiger partial charge in [0, 0.05) is 22.3 Å². The maximum Gasteiger partial charge on any atom is 0.217 e. The van der Waals surface area contributed by atoms with Gasteiger partial charge in [0.05, 0.1) is 0 Å². The van der Waals surface area contributed by atoms with Gasteiger partial charge in [-0.05, 0) is 63.9 Å². The fourth-order valence-electron chi connectivity index (χ4n) is 6.68. The van der Waals surface area contributed by atoms with Crippen molar-refractivity contribution in [3.05, 3.63) is 174 Å². The first-order valence-corrected chi connectivity index (χ1v) is 16.8. The second kappa shape index (κ2) is 12.2. The Kier molecular flexibility index (Phi) is 7.24. The lowest BCUT2D eigenvalue weighted by molar-refractivity contribution is 0.238. The molecule has 0 saturated carbocycles. The van der Waals surface area contributed by atoms with Crippen LogP contribution < -0.4 is 10.4 Å². The number of aromatic nitrogens is 3. The third-order valence-corrected chi connectivity index (χ3v) is 9.46. The maximum atomic E-state index is 6.42. The summed E-state index contributed by atoms with van der Waals surface area (Å²) in [5, 5.41) is 2.36. The summed E-state index contributed by atoms with van der Waals surface area (Å²) in [6, 6.07) is 54.0. The number of aliphatic imine (C=N–C) groups is 1. The zero-order valence-electron chi connectivity index (χ0n) is 27.4. The minimum absolute atomic E-state index is 0.151. The zero-order valence-corrected chi connectivity index (χ0v) is 27.4. The number of nitrogens with zero attached hydrogens (tertiary/aromatic N) is 4. The Bertz CT molecular complexity index is 2390. The molecule has 2 aliphatic rings. The number of hydrogen-bond acceptors (Lipinski definition) is 5. The minimum Gasteiger partial charge on any atom is -0.467 e. The molecular weight excluding hydrogens is 613 g/mol. The Balaban J connectivity index is 1.07. The average molecular weight is 645 g/mol. The van der Waals surface area contributed by atoms with E-state index in [9.17, 15) is 0 Å². The Labute approximate surface area is 290 Å². The molecule has 50 heavy (non-hydrogen) atoms. The topological polar surface area (TPSA) is 60.3 Å². The summed E-state index contributed by atoms with van der Waals surface area (Å²) in [6.07, 6.45) is 4.23. The van der Waals surface area contributed by atoms with Crippen LogP contribution >= 0.6 is 0 Å². The predicted octanol–water partition coefficient (Wildman–Crippen LogP) is 8.39. The Morgan fingerprint density at radius 3 is 1.28 bits per heavy atom. The van der Waals surface area contributed by atoms with Gasteiger partial charge in [-0.3, -0.25) is 0 Å². The van der Waals surface area contributed by atoms with Crippen molar-refractivity contribution in [1.82, 2.24) is 15.0 Å². The van der Waals surface area contributed by atoms with E-state index < -0.39 is 5.54 Å². The van der Waals surface area contributed by atoms with Crippen molar-refractivity contribution in [2.24, 2.45) is 4.99 Å². The van der Waals surface area contributed by atoms with Gasteiger partial charge in [-0.1, -0.05) is 146 Å². The number of fused-ring (bicyclic) bond motifs is 2. The van der Waals surface area contributed by atoms with E-state index in [4.69, 9.17) is 24.7 Å². The van der Waals surface area contributed by atoms with Crippen molar-refractivity contribution in [2.75, 3.05) is 0 Å². The molecule has 0 fully saturated rings. The van der Waals surface area contributed by atoms with Crippen molar-refractivity contribution in [2.45, 2.75) is 18.6 Å². The first-order valence-electron chi connectivity index (χ1n) is 16.8. The molecule has 0 radical (unpaired) electrons. The van der Waals surface area contributed by atoms with Gasteiger partial charge < -0.3 is 4.74 Å². The summed E-state index contributed by atoms with van der Waals surface area (Å²) in [7, 11) is 0. The molecule has 0 bridgehead atoms. The number of hydrogen-bond donors (Lipinski definition) is 0. The van der Waals surface area contributed by atoms with E-state index in [1.54, 1.807) is 0 Å². The molecule has 1 aliphatic heterocycles. The SMILES string of the molecule is CC12C=c3ccccc3=CC1OC(c1ccc(-c3nc(-c4ccc(-c5ccccc5)cc4)nc(-c4ccc(-c5ccccc5)cc4)n3)cc1)=N2. The van der Waals surface area contributed by atoms with E-state index in [0.717, 1.165) is 33.4 Å². The summed E-state index contributed by atoms with van der Waals surface area (Å²) in [5.41, 5.74) is 7.80. The Hall–Kier alpha value is -6.46. The van der Waals surface area contributed by atoms with Gasteiger partial charge in [-0.25, -0.2) is 19.9 Å². The standard InChI is InChI=1S/C45H32N4O/c1-45-29-39-15-9-8-14-38(39)28-40(45)50-44(49-45)37-26-24-36(25-27-37)43-47-41(34-20-16-32(17-21-34)30-10-4-2-5-11-30)46-42(48-43)35-22-18-33(19-23-35)31-12-6-3-7-13-31/h2-29,40H,1H3. The fourth-order valence-corrected chi connectivity index (χ4v) is 6.68. The first-order chi connectivity index (χ1) is 24.6. The molecule has 9 rings (SSSR count). The van der Waals surface area contributed by atoms with Gasteiger partial charge in [0.25, 0.3) is 0 Å². The summed E-state index contributed by atoms with van der Waals surface area (Å²) >= 11 is 0. The van der Waals surface area contributed by atoms with E-state index in [2.05, 4.69) is 140 Å². The summed E-state index contributed by atoms with van der Waals surface area (Å²) in [6.45, 7) is 2.12. The highest BCUT2D eigenvalue weighted by molar-refractivity contribution is 5.97. The van der Waals surface area contributed by atoms with Gasteiger partial charge in [-0.2, -0.15) is 0 Å². The molecular formula is C45H32N4O. The number of rotatable bonds is 6. The van der Waals surface area contributed by atoms with Crippen molar-refractivity contribution in [1.29, 1.82) is 0 Å². The van der Waals surface area contributed by atoms with Crippen LogP contribution in [0.25, 0.3) is 68.6 Å². The van der Waals surface area contributed by atoms with Crippen molar-refractivity contribution >= 4 is 18.0 Å². The van der Waals surface area contributed by atoms with Gasteiger partial charge >= 0.3 is 0 Å². The normalized spacial score (nSPS) is 17.4. The van der Waals surface area contributed by atoms with E-state index in [-0.39, 0.29) is 6.10 Å². The molecule has 5 nitrogen and oxygen atoms in total. The minimum atomic E-state index is -0.452. The number of benzene rings is 6. The van der Waals surface area contributed by atoms with Gasteiger partial charge in [-0.15, -0.1) is 0 Å². The molecule has 2 atom stereocenters. The second-order valence-corrected chi connectivity index (χ2v) is 12.9. The third-order valence-electron chi connectivity index (χ3n) is 9.46. The van der Waals surface area contributed by atoms with E-state index in [0.29, 0.717) is 23.4 Å². The van der Waals surface area contributed by atoms with Crippen LogP contribution in [0.4, 0.5) is 0 Å². The molecule has 6 aromatic carbocycles. The van der Waals surface area contributed by atoms with Crippen LogP contribution in [-0.4, -0.2) is 32.5 Å². The quantitative estimate of drug-likeness (QED) is 0.183. The van der Waals surface area contributed by atoms with Crippen LogP contribution in [0.1, 0.15) is 12.5 Å². The van der Waals surface area contributed by atoms with E-state index in [1.165, 1.54) is 21.6 Å². The molecule has 0 N–H and O–H groups in total. The second-order valence-electron chi connectivity index (χ2n) is 12.9. The molecule has 0 saturated heterocycles. The summed E-state index contributed by atoms with van der Waals surface area (Å²) < 4.78 is 6.42. The van der Waals surface area contributed by atoms with Crippen LogP contribution in [0.3, 0.4) is 0 Å². The molecule has 1 aliphatic carbocycles. The molecule has 2 unspecified atom stereocenters. The van der Waals surface area contributed by atoms with Crippen LogP contribution in [0, 0.1) is 0 Å². The van der Waals surface area contributed by atoms with Gasteiger partial charge in [0.2, 0.25) is 5.90 Å². The maximum absolute atomic E-state index is 6.42. The molecule has 7 aromatic rings. The lowest BCUT2D eigenvalue weighted by atomic mass is 9.89. The fraction of sp³-hybridized carbons (Fsp3) is 0.0667. The summed E-state index contributed by atoms with van der Waals surface area (Å²) in [4.78, 5) is 20.0. The van der Waals surface area contributed by atoms with Crippen molar-refractivity contribution in [3.8, 4) is 56.4 Å². The molecule has 1 aromatic heterocycles. The zero-order chi connectivity index (χ0) is 33.5. The highest BCUT2D eigenvalue weighted by Crippen LogP contribution is 2.33. The van der Waals surface area contributed by atoms with Crippen LogP contribution in [0.15, 0.2) is 163 Å². The first kappa shape index (κ1) is 29.7. The third kappa shape index (κ3) is 5.59. The summed E-state index contributed by atoms with van der Waals surface area (Å²) in [5.74, 6) is 2.47. The van der Waals surface area contributed by atoms with Crippen LogP contribution in [-0.2, 0) is 4.74 Å². The molecule has 238 valence electrons. The van der Waals surface area contributed by atoms with E-state index in [1.807, 2.05) is 36.4 Å². The average Bonchev–Trinajstić information content (AvgIpc) is 3.53. The Morgan fingerprint density at radius 1 is 0.420 bits per heavy atom. The molecule has 0 amide bonds. The highest BCUT2D eigenvalue weighted by Gasteiger charge is 2.40. The monoisotopic (exact) mass is 644 g/mol. The van der Waals surface area contributed by atoms with Crippen LogP contribution in [0.2, 0.25) is 0 Å². The van der Waals surface area contributed by atoms with Crippen molar-refractivity contribution in [3.63, 3.8) is 0 Å². The molecule has 5 heteroatoms.